The Labute approximate surface area is 335 Å². The SMILES string of the molecule is C[C@@H]1CC(OCCOC2CCC(N3C(=S)N(c4ccc(C#N)c(C(F)(F)F)c4)C(=O)C3(C)C)CC2)C[C@H](C)N1CC(=O)Nc1cc(C2CCC(=O)NC2=O)ccn1. The number of nitrogens with zero attached hydrogens (tertiary/aromatic N) is 5. The summed E-state index contributed by atoms with van der Waals surface area (Å²) in [5.74, 6) is -1.39. The number of imide groups is 1. The van der Waals surface area contributed by atoms with Crippen LogP contribution in [0.1, 0.15) is 102 Å². The minimum atomic E-state index is -4.77. The molecule has 306 valence electrons. The lowest BCUT2D eigenvalue weighted by atomic mass is 9.89. The van der Waals surface area contributed by atoms with Crippen molar-refractivity contribution in [3.05, 3.63) is 53.2 Å². The smallest absolute Gasteiger partial charge is 0.376 e. The molecule has 4 fully saturated rings. The third-order valence-electron chi connectivity index (χ3n) is 11.6. The Bertz CT molecular complexity index is 1920. The number of rotatable bonds is 11. The molecule has 4 amide bonds. The quantitative estimate of drug-likeness (QED) is 0.170. The van der Waals surface area contributed by atoms with Gasteiger partial charge in [0.15, 0.2) is 5.11 Å². The fourth-order valence-electron chi connectivity index (χ4n) is 8.66. The van der Waals surface area contributed by atoms with E-state index in [4.69, 9.17) is 21.7 Å². The van der Waals surface area contributed by atoms with Crippen molar-refractivity contribution in [2.24, 2.45) is 0 Å². The van der Waals surface area contributed by atoms with Crippen LogP contribution in [0.15, 0.2) is 36.5 Å². The second-order valence-corrected chi connectivity index (χ2v) is 16.2. The molecule has 2 aromatic rings. The van der Waals surface area contributed by atoms with Crippen LogP contribution in [0.5, 0.6) is 0 Å². The number of carbonyl (C=O) groups is 4. The number of nitriles is 1. The monoisotopic (exact) mass is 811 g/mol. The number of hydrogen-bond donors (Lipinski definition) is 2. The molecular weight excluding hydrogens is 764 g/mol. The Balaban J connectivity index is 0.929. The third-order valence-corrected chi connectivity index (χ3v) is 12.0. The number of benzene rings is 1. The first-order valence-electron chi connectivity index (χ1n) is 19.4. The van der Waals surface area contributed by atoms with Gasteiger partial charge in [-0.3, -0.25) is 34.3 Å². The predicted molar refractivity (Wildman–Crippen MR) is 207 cm³/mol. The lowest BCUT2D eigenvalue weighted by Crippen LogP contribution is -2.51. The Morgan fingerprint density at radius 1 is 1.02 bits per heavy atom. The number of aromatic nitrogens is 1. The highest BCUT2D eigenvalue weighted by atomic mass is 32.1. The highest BCUT2D eigenvalue weighted by Gasteiger charge is 2.52. The van der Waals surface area contributed by atoms with Gasteiger partial charge in [0, 0.05) is 30.7 Å². The van der Waals surface area contributed by atoms with Crippen LogP contribution in [-0.4, -0.2) is 99.2 Å². The first kappa shape index (κ1) is 42.1. The summed E-state index contributed by atoms with van der Waals surface area (Å²) >= 11 is 5.72. The highest BCUT2D eigenvalue weighted by molar-refractivity contribution is 7.80. The van der Waals surface area contributed by atoms with E-state index in [1.54, 1.807) is 38.2 Å². The van der Waals surface area contributed by atoms with E-state index in [0.29, 0.717) is 56.7 Å². The molecule has 17 heteroatoms. The number of alkyl halides is 3. The van der Waals surface area contributed by atoms with Crippen LogP contribution >= 0.6 is 12.2 Å². The molecule has 0 radical (unpaired) electrons. The minimum Gasteiger partial charge on any atom is -0.376 e. The van der Waals surface area contributed by atoms with Crippen LogP contribution < -0.4 is 15.5 Å². The van der Waals surface area contributed by atoms with Gasteiger partial charge in [-0.15, -0.1) is 0 Å². The zero-order valence-electron chi connectivity index (χ0n) is 32.4. The number of anilines is 2. The molecule has 6 rings (SSSR count). The number of carbonyl (C=O) groups excluding carboxylic acids is 4. The number of nitrogens with one attached hydrogen (secondary N) is 2. The maximum absolute atomic E-state index is 13.7. The molecule has 4 aliphatic rings. The topological polar surface area (TPSA) is 157 Å². The molecule has 3 aliphatic heterocycles. The van der Waals surface area contributed by atoms with E-state index < -0.39 is 34.7 Å². The summed E-state index contributed by atoms with van der Waals surface area (Å²) in [4.78, 5) is 59.9. The summed E-state index contributed by atoms with van der Waals surface area (Å²) in [6, 6.07) is 8.22. The maximum Gasteiger partial charge on any atom is 0.417 e. The van der Waals surface area contributed by atoms with Gasteiger partial charge < -0.3 is 19.7 Å². The van der Waals surface area contributed by atoms with Gasteiger partial charge in [-0.05, 0) is 121 Å². The molecule has 57 heavy (non-hydrogen) atoms. The van der Waals surface area contributed by atoms with Crippen LogP contribution in [0.3, 0.4) is 0 Å². The second kappa shape index (κ2) is 17.2. The molecule has 2 N–H and O–H groups in total. The van der Waals surface area contributed by atoms with E-state index in [-0.39, 0.29) is 71.8 Å². The van der Waals surface area contributed by atoms with E-state index in [9.17, 15) is 37.6 Å². The average Bonchev–Trinajstić information content (AvgIpc) is 3.33. The fraction of sp³-hybridized carbons (Fsp3) is 0.575. The number of thiocarbonyl (C=S) groups is 1. The van der Waals surface area contributed by atoms with Crippen LogP contribution in [0.4, 0.5) is 24.7 Å². The van der Waals surface area contributed by atoms with Gasteiger partial charge in [-0.1, -0.05) is 0 Å². The van der Waals surface area contributed by atoms with Crippen molar-refractivity contribution in [1.29, 1.82) is 5.26 Å². The molecule has 1 saturated carbocycles. The van der Waals surface area contributed by atoms with E-state index in [0.717, 1.165) is 29.9 Å². The second-order valence-electron chi connectivity index (χ2n) is 15.9. The third kappa shape index (κ3) is 9.30. The Morgan fingerprint density at radius 3 is 2.32 bits per heavy atom. The number of ether oxygens (including phenoxy) is 2. The molecule has 1 aliphatic carbocycles. The summed E-state index contributed by atoms with van der Waals surface area (Å²) in [7, 11) is 0. The Morgan fingerprint density at radius 2 is 1.68 bits per heavy atom. The number of hydrogen-bond acceptors (Lipinski definition) is 10. The van der Waals surface area contributed by atoms with Crippen molar-refractivity contribution in [2.75, 3.05) is 30.0 Å². The summed E-state index contributed by atoms with van der Waals surface area (Å²) in [5.41, 5.74) is -2.04. The van der Waals surface area contributed by atoms with Crippen LogP contribution in [0.2, 0.25) is 0 Å². The standard InChI is InChI=1S/C40H48F3N7O6S/c1-23-17-30(18-24(2)48(23)22-35(52)46-33-19-25(13-14-45-33)31-11-12-34(51)47-36(31)53)56-16-15-55-29-9-7-27(8-10-29)50-38(57)49(37(54)39(50,3)4)28-6-5-26(21-44)32(20-28)40(41,42)43/h5-6,13-14,19-20,23-24,27,29-31H,7-12,15-18,22H2,1-4H3,(H,45,46,52)(H,47,51,53)/t23-,24+,27?,29?,30?,31?. The summed E-state index contributed by atoms with van der Waals surface area (Å²) in [5, 5.41) is 14.6. The van der Waals surface area contributed by atoms with Crippen molar-refractivity contribution in [3.8, 4) is 6.07 Å². The van der Waals surface area contributed by atoms with E-state index in [2.05, 4.69) is 34.4 Å². The van der Waals surface area contributed by atoms with Gasteiger partial charge in [0.25, 0.3) is 5.91 Å². The number of piperidine rings is 2. The lowest BCUT2D eigenvalue weighted by molar-refractivity contribution is -0.138. The normalized spacial score (nSPS) is 27.0. The van der Waals surface area contributed by atoms with E-state index in [1.165, 1.54) is 6.07 Å². The average molecular weight is 812 g/mol. The molecular formula is C40H48F3N7O6S. The highest BCUT2D eigenvalue weighted by Crippen LogP contribution is 2.41. The van der Waals surface area contributed by atoms with Crippen LogP contribution in [0.25, 0.3) is 0 Å². The van der Waals surface area contributed by atoms with Gasteiger partial charge in [-0.25, -0.2) is 4.98 Å². The van der Waals surface area contributed by atoms with Gasteiger partial charge in [0.05, 0.1) is 60.8 Å². The fourth-order valence-corrected chi connectivity index (χ4v) is 9.22. The lowest BCUT2D eigenvalue weighted by Gasteiger charge is -2.42. The van der Waals surface area contributed by atoms with Gasteiger partial charge in [-0.2, -0.15) is 18.4 Å². The molecule has 0 bridgehead atoms. The van der Waals surface area contributed by atoms with Crippen molar-refractivity contribution in [3.63, 3.8) is 0 Å². The predicted octanol–water partition coefficient (Wildman–Crippen LogP) is 5.43. The number of pyridine rings is 1. The summed E-state index contributed by atoms with van der Waals surface area (Å²) in [6.07, 6.45) is 1.72. The first-order chi connectivity index (χ1) is 27.0. The van der Waals surface area contributed by atoms with E-state index in [1.807, 2.05) is 4.90 Å². The van der Waals surface area contributed by atoms with Gasteiger partial charge in [0.2, 0.25) is 17.7 Å². The molecule has 1 aromatic carbocycles. The molecule has 4 atom stereocenters. The van der Waals surface area contributed by atoms with E-state index >= 15 is 0 Å². The minimum absolute atomic E-state index is 0.00252. The summed E-state index contributed by atoms with van der Waals surface area (Å²) in [6.45, 7) is 8.58. The zero-order valence-corrected chi connectivity index (χ0v) is 33.3. The Hall–Kier alpha value is -4.50. The summed E-state index contributed by atoms with van der Waals surface area (Å²) < 4.78 is 53.6. The van der Waals surface area contributed by atoms with Gasteiger partial charge >= 0.3 is 6.18 Å². The van der Waals surface area contributed by atoms with Crippen molar-refractivity contribution in [2.45, 2.75) is 127 Å². The molecule has 0 spiro atoms. The molecule has 2 unspecified atom stereocenters. The molecule has 3 saturated heterocycles. The molecule has 13 nitrogen and oxygen atoms in total. The van der Waals surface area contributed by atoms with Crippen molar-refractivity contribution >= 4 is 52.5 Å². The van der Waals surface area contributed by atoms with Gasteiger partial charge in [0.1, 0.15) is 11.4 Å². The Kier molecular flexibility index (Phi) is 12.7. The van der Waals surface area contributed by atoms with Crippen LogP contribution in [-0.2, 0) is 34.8 Å². The molecule has 4 heterocycles. The molecule has 1 aromatic heterocycles. The van der Waals surface area contributed by atoms with Crippen molar-refractivity contribution < 1.29 is 41.8 Å². The largest absolute Gasteiger partial charge is 0.417 e. The van der Waals surface area contributed by atoms with Crippen LogP contribution in [0, 0.1) is 11.3 Å². The first-order valence-corrected chi connectivity index (χ1v) is 19.8. The van der Waals surface area contributed by atoms with Crippen molar-refractivity contribution in [1.82, 2.24) is 20.1 Å². The maximum atomic E-state index is 13.7. The zero-order chi connectivity index (χ0) is 41.2. The number of likely N-dealkylation sites (tertiary alicyclic amines) is 1. The number of amides is 4. The number of halogens is 3.